The molecule has 3 fully saturated rings. The summed E-state index contributed by atoms with van der Waals surface area (Å²) >= 11 is 0. The van der Waals surface area contributed by atoms with E-state index in [-0.39, 0.29) is 78.8 Å². The maximum absolute atomic E-state index is 14.9. The number of unbranched alkanes of at least 4 members (excludes halogenated alkanes) is 1. The molecular formula is C75H120N8O19. The highest BCUT2D eigenvalue weighted by atomic mass is 16.7. The predicted octanol–water partition coefficient (Wildman–Crippen LogP) is 6.75. The van der Waals surface area contributed by atoms with E-state index in [0.717, 1.165) is 29.6 Å². The van der Waals surface area contributed by atoms with Gasteiger partial charge in [-0.15, -0.1) is 0 Å². The van der Waals surface area contributed by atoms with Gasteiger partial charge in [0.15, 0.2) is 6.10 Å². The van der Waals surface area contributed by atoms with Gasteiger partial charge in [-0.3, -0.25) is 38.5 Å². The highest BCUT2D eigenvalue weighted by molar-refractivity contribution is 5.93. The van der Waals surface area contributed by atoms with Crippen molar-refractivity contribution in [2.45, 2.75) is 264 Å². The minimum absolute atomic E-state index is 0.0402. The quantitative estimate of drug-likeness (QED) is 0.0311. The van der Waals surface area contributed by atoms with Crippen LogP contribution in [-0.2, 0) is 63.9 Å². The summed E-state index contributed by atoms with van der Waals surface area (Å²) in [7, 11) is 5.96. The summed E-state index contributed by atoms with van der Waals surface area (Å²) in [5, 5.41) is 66.5. The van der Waals surface area contributed by atoms with Gasteiger partial charge in [-0.25, -0.2) is 9.59 Å². The summed E-state index contributed by atoms with van der Waals surface area (Å²) in [6.07, 6.45) is 0.806. The lowest BCUT2D eigenvalue weighted by Gasteiger charge is -2.41. The van der Waals surface area contributed by atoms with Gasteiger partial charge in [0, 0.05) is 67.2 Å². The summed E-state index contributed by atoms with van der Waals surface area (Å²) in [6.45, 7) is 17.1. The van der Waals surface area contributed by atoms with E-state index >= 15 is 0 Å². The highest BCUT2D eigenvalue weighted by Crippen LogP contribution is 2.34. The van der Waals surface area contributed by atoms with Crippen LogP contribution in [0.25, 0.3) is 0 Å². The van der Waals surface area contributed by atoms with Gasteiger partial charge in [0.1, 0.15) is 42.8 Å². The number of benzene rings is 2. The van der Waals surface area contributed by atoms with Crippen molar-refractivity contribution in [3.8, 4) is 5.75 Å². The number of aliphatic hydroxyl groups is 4. The molecule has 3 aliphatic rings. The van der Waals surface area contributed by atoms with E-state index in [4.69, 9.17) is 23.7 Å². The number of hydrogen-bond donors (Lipinski definition) is 10. The largest absolute Gasteiger partial charge is 0.479 e. The van der Waals surface area contributed by atoms with E-state index in [1.807, 2.05) is 32.0 Å². The number of aliphatic hydroxyl groups excluding tert-OH is 4. The number of ether oxygens (including phenoxy) is 5. The maximum atomic E-state index is 14.9. The minimum Gasteiger partial charge on any atom is -0.479 e. The summed E-state index contributed by atoms with van der Waals surface area (Å²) < 4.78 is 29.0. The van der Waals surface area contributed by atoms with E-state index in [1.165, 1.54) is 95.7 Å². The summed E-state index contributed by atoms with van der Waals surface area (Å²) in [6, 6.07) is 9.01. The molecule has 27 nitrogen and oxygen atoms in total. The molecule has 17 atom stereocenters. The molecule has 0 radical (unpaired) electrons. The number of carbonyl (C=O) groups is 9. The number of amides is 8. The van der Waals surface area contributed by atoms with Gasteiger partial charge in [0.2, 0.25) is 47.6 Å². The molecule has 2 saturated heterocycles. The smallest absolute Gasteiger partial charge is 0.410 e. The van der Waals surface area contributed by atoms with Crippen molar-refractivity contribution in [2.75, 3.05) is 53.3 Å². The van der Waals surface area contributed by atoms with Crippen molar-refractivity contribution >= 4 is 59.1 Å². The van der Waals surface area contributed by atoms with Crippen LogP contribution >= 0.6 is 0 Å². The van der Waals surface area contributed by atoms with Crippen molar-refractivity contribution in [3.63, 3.8) is 0 Å². The number of likely N-dealkylation sites (N-methyl/N-ethyl adjacent to an activating group) is 2. The summed E-state index contributed by atoms with van der Waals surface area (Å²) in [5.41, 5.74) is 0.808. The number of carboxylic acids is 1. The molecule has 0 bridgehead atoms. The number of carboxylic acid groups (broad SMARTS) is 1. The third-order valence-corrected chi connectivity index (χ3v) is 20.5. The lowest BCUT2D eigenvalue weighted by molar-refractivity contribution is -0.271. The van der Waals surface area contributed by atoms with Crippen LogP contribution in [0, 0.1) is 35.5 Å². The first kappa shape index (κ1) is 85.6. The average Bonchev–Trinajstić information content (AvgIpc) is 1.04. The van der Waals surface area contributed by atoms with Crippen LogP contribution in [-0.4, -0.2) is 215 Å². The van der Waals surface area contributed by atoms with Crippen LogP contribution in [0.3, 0.4) is 0 Å². The second-order valence-electron chi connectivity index (χ2n) is 29.0. The Labute approximate surface area is 602 Å². The highest BCUT2D eigenvalue weighted by Gasteiger charge is 2.49. The van der Waals surface area contributed by atoms with Crippen LogP contribution in [0.4, 0.5) is 10.5 Å². The number of nitrogens with zero attached hydrogens (tertiary/aromatic N) is 3. The number of rotatable bonds is 38. The molecular weight excluding hydrogens is 1320 g/mol. The number of hydrogen-bond acceptors (Lipinski definition) is 18. The molecule has 10 N–H and O–H groups in total. The lowest BCUT2D eigenvalue weighted by atomic mass is 9.89. The fraction of sp³-hybridized carbons (Fsp3) is 0.720. The zero-order valence-corrected chi connectivity index (χ0v) is 62.4. The molecule has 8 amide bonds. The molecule has 2 aromatic rings. The fourth-order valence-electron chi connectivity index (χ4n) is 14.2. The Morgan fingerprint density at radius 1 is 0.706 bits per heavy atom. The normalized spacial score (nSPS) is 22.9. The van der Waals surface area contributed by atoms with Crippen molar-refractivity contribution < 1.29 is 92.4 Å². The topological polar surface area (TPSA) is 371 Å². The van der Waals surface area contributed by atoms with E-state index in [1.54, 1.807) is 65.6 Å². The first-order valence-electron chi connectivity index (χ1n) is 36.8. The molecule has 12 unspecified atom stereocenters. The molecule has 102 heavy (non-hydrogen) atoms. The molecule has 5 rings (SSSR count). The molecule has 2 aliphatic heterocycles. The van der Waals surface area contributed by atoms with Crippen molar-refractivity contribution in [2.24, 2.45) is 35.5 Å². The second kappa shape index (κ2) is 42.7. The zero-order chi connectivity index (χ0) is 75.5. The van der Waals surface area contributed by atoms with E-state index in [2.05, 4.69) is 33.5 Å². The molecule has 2 heterocycles. The van der Waals surface area contributed by atoms with Crippen LogP contribution in [0.2, 0.25) is 0 Å². The number of methoxy groups -OCH3 is 2. The molecule has 0 spiro atoms. The van der Waals surface area contributed by atoms with Gasteiger partial charge >= 0.3 is 12.1 Å². The monoisotopic (exact) mass is 1440 g/mol. The first-order valence-corrected chi connectivity index (χ1v) is 36.8. The van der Waals surface area contributed by atoms with E-state index < -0.39 is 133 Å². The Balaban J connectivity index is 1.20. The first-order chi connectivity index (χ1) is 48.4. The van der Waals surface area contributed by atoms with Crippen LogP contribution in [0.15, 0.2) is 48.5 Å². The number of nitrogens with one attached hydrogen (secondary N) is 5. The van der Waals surface area contributed by atoms with E-state index in [0.29, 0.717) is 44.3 Å². The van der Waals surface area contributed by atoms with Gasteiger partial charge in [-0.1, -0.05) is 156 Å². The Morgan fingerprint density at radius 2 is 1.38 bits per heavy atom. The number of aliphatic carboxylic acids is 1. The van der Waals surface area contributed by atoms with Gasteiger partial charge < -0.3 is 85.6 Å². The minimum atomic E-state index is -2.02. The Hall–Kier alpha value is -7.01. The van der Waals surface area contributed by atoms with Crippen molar-refractivity contribution in [1.29, 1.82) is 0 Å². The average molecular weight is 1440 g/mol. The van der Waals surface area contributed by atoms with E-state index in [9.17, 15) is 68.7 Å². The molecule has 2 aromatic carbocycles. The van der Waals surface area contributed by atoms with Crippen LogP contribution in [0.5, 0.6) is 5.75 Å². The number of anilines is 1. The molecule has 27 heteroatoms. The Bertz CT molecular complexity index is 3000. The third-order valence-electron chi connectivity index (χ3n) is 20.5. The van der Waals surface area contributed by atoms with Gasteiger partial charge in [0.05, 0.1) is 54.5 Å². The molecule has 574 valence electrons. The maximum Gasteiger partial charge on any atom is 0.410 e. The van der Waals surface area contributed by atoms with Crippen LogP contribution in [0.1, 0.15) is 195 Å². The predicted molar refractivity (Wildman–Crippen MR) is 382 cm³/mol. The summed E-state index contributed by atoms with van der Waals surface area (Å²) in [4.78, 5) is 127. The fourth-order valence-corrected chi connectivity index (χ4v) is 14.2. The van der Waals surface area contributed by atoms with Gasteiger partial charge in [-0.2, -0.15) is 0 Å². The molecule has 1 aliphatic carbocycles. The number of likely N-dealkylation sites (tertiary alicyclic amines) is 1. The standard InChI is InChI=1S/C75H120N8O19/c1-14-47(7)63(56(98-12)42-60(87)83-40-24-30-54(83)68(99-13)48(8)70(92)78-49(9)64(88)52-28-19-16-20-29-52)81(10)72(94)61(44(2)3)80-71(93)62(45(4)5)82(11)75(97)100-43-51-35-36-55(101-74-67(91)65(89)66(90)69(102-74)73(95)96)53(41-51)79-59(86)37-39-77-58(85)32-23-31-57(84)76-38-22-21-27-50-26-18-15-17-25-46(6)33-34-50/h16,19-20,28-29,35-36,41,44-50,54,56,61-69,74,88-91H,14-15,17-18,21-27,30-34,37-40,42-43H2,1-13H3,(H,76,84)(H,77,85)(H,78,92)(H,79,86)(H,80,93)(H,95,96)/t46?,47?,48?,49?,50?,54?,56?,61?,62?,63?,64?,65-,66-,67+,68?,69-,74-/m0/s1. The van der Waals surface area contributed by atoms with Gasteiger partial charge in [0.25, 0.3) is 0 Å². The number of carbonyl (C=O) groups excluding carboxylic acids is 8. The Morgan fingerprint density at radius 3 is 2.02 bits per heavy atom. The van der Waals surface area contributed by atoms with Crippen molar-refractivity contribution in [1.82, 2.24) is 36.0 Å². The SMILES string of the molecule is CCC(C)C(C(CC(=O)N1CCCC1C(OC)C(C)C(=O)NC(C)C(O)c1ccccc1)OC)N(C)C(=O)C(NC(=O)C(C(C)C)N(C)C(=O)OCc1ccc(O[C@H]2O[C@H](C(=O)O)[C@@H](O)[C@H](O)[C@H]2O)c(NC(=O)CCNC(=O)CCCC(=O)NCCCCC2CCCCCC(C)CC2)c1)C(C)C. The van der Waals surface area contributed by atoms with Gasteiger partial charge in [-0.05, 0) is 85.5 Å². The third kappa shape index (κ3) is 25.4. The Kier molecular flexibility index (Phi) is 35.8. The molecule has 0 aromatic heterocycles. The second-order valence-corrected chi connectivity index (χ2v) is 29.0. The zero-order valence-electron chi connectivity index (χ0n) is 62.4. The van der Waals surface area contributed by atoms with Crippen molar-refractivity contribution in [3.05, 3.63) is 59.7 Å². The molecule has 1 saturated carbocycles. The lowest BCUT2D eigenvalue weighted by Crippen LogP contribution is -2.61. The summed E-state index contributed by atoms with van der Waals surface area (Å²) in [5.74, 6) is -5.17. The van der Waals surface area contributed by atoms with Crippen LogP contribution < -0.4 is 31.3 Å².